The van der Waals surface area contributed by atoms with Gasteiger partial charge in [-0.1, -0.05) is 132 Å². The minimum Gasteiger partial charge on any atom is -0.651 e. The van der Waals surface area contributed by atoms with E-state index in [2.05, 4.69) is 19.9 Å². The number of aromatic nitrogens is 4. The first-order valence-corrected chi connectivity index (χ1v) is 18.1. The second kappa shape index (κ2) is 15.8. The van der Waals surface area contributed by atoms with Crippen LogP contribution in [0.4, 0.5) is 11.4 Å². The first-order chi connectivity index (χ1) is 29.1. The molecule has 0 fully saturated rings. The number of nitrogens with zero attached hydrogens (tertiary/aromatic N) is 8. The van der Waals surface area contributed by atoms with Crippen molar-refractivity contribution in [2.75, 3.05) is 0 Å². The third-order valence-corrected chi connectivity index (χ3v) is 9.98. The summed E-state index contributed by atoms with van der Waals surface area (Å²) in [5, 5.41) is 52.5. The average molecular weight is 858 g/mol. The van der Waals surface area contributed by atoms with Gasteiger partial charge in [0.1, 0.15) is 11.4 Å². The minimum atomic E-state index is -0.638. The second-order valence-electron chi connectivity index (χ2n) is 13.5. The zero-order valence-corrected chi connectivity index (χ0v) is 34.4. The normalized spacial score (nSPS) is 12.2. The molecule has 0 aliphatic carbocycles. The van der Waals surface area contributed by atoms with Crippen molar-refractivity contribution in [3.63, 3.8) is 0 Å². The maximum Gasteiger partial charge on any atom is 2.00 e. The van der Waals surface area contributed by atoms with Gasteiger partial charge in [0.15, 0.2) is 0 Å². The quantitative estimate of drug-likeness (QED) is 0.0792. The van der Waals surface area contributed by atoms with Gasteiger partial charge in [0, 0.05) is 11.1 Å². The zero-order chi connectivity index (χ0) is 41.7. The van der Waals surface area contributed by atoms with Gasteiger partial charge in [0.2, 0.25) is 0 Å². The number of nitro groups is 4. The molecule has 61 heavy (non-hydrogen) atoms. The third kappa shape index (κ3) is 6.94. The van der Waals surface area contributed by atoms with Gasteiger partial charge < -0.3 is 9.97 Å². The Labute approximate surface area is 356 Å². The van der Waals surface area contributed by atoms with Gasteiger partial charge in [0.05, 0.1) is 42.2 Å². The van der Waals surface area contributed by atoms with Gasteiger partial charge in [-0.05, 0) is 46.5 Å². The summed E-state index contributed by atoms with van der Waals surface area (Å²) in [4.78, 5) is 68.6. The molecule has 0 unspecified atom stereocenters. The van der Waals surface area contributed by atoms with Crippen LogP contribution in [0, 0.1) is 40.5 Å². The first kappa shape index (κ1) is 39.5. The molecule has 17 heteroatoms. The minimum absolute atomic E-state index is 0. The topological polar surface area (TPSA) is 227 Å². The van der Waals surface area contributed by atoms with Crippen molar-refractivity contribution in [1.82, 2.24) is 19.9 Å². The van der Waals surface area contributed by atoms with E-state index in [1.165, 1.54) is 24.3 Å². The third-order valence-electron chi connectivity index (χ3n) is 9.98. The van der Waals surface area contributed by atoms with E-state index in [1.807, 2.05) is 0 Å². The maximum absolute atomic E-state index is 13.1. The van der Waals surface area contributed by atoms with Crippen molar-refractivity contribution in [3.8, 4) is 22.3 Å². The molecule has 0 N–H and O–H groups in total. The summed E-state index contributed by atoms with van der Waals surface area (Å²) in [6, 6.07) is 38.1. The maximum atomic E-state index is 13.1. The van der Waals surface area contributed by atoms with E-state index < -0.39 is 42.5 Å². The molecular formula is C44H24N8O8Zn. The number of fused-ring (bicyclic) bond motifs is 8. The predicted molar refractivity (Wildman–Crippen MR) is 222 cm³/mol. The summed E-state index contributed by atoms with van der Waals surface area (Å²) in [7, 11) is 0. The van der Waals surface area contributed by atoms with Crippen molar-refractivity contribution < 1.29 is 39.2 Å². The Morgan fingerprint density at radius 3 is 0.967 bits per heavy atom. The Balaban J connectivity index is 0.00000514. The van der Waals surface area contributed by atoms with Crippen LogP contribution in [0.15, 0.2) is 146 Å². The number of benzene rings is 4. The molecule has 4 aromatic carbocycles. The van der Waals surface area contributed by atoms with Crippen LogP contribution in [-0.4, -0.2) is 29.7 Å². The van der Waals surface area contributed by atoms with E-state index in [0.717, 1.165) is 0 Å². The van der Waals surface area contributed by atoms with Gasteiger partial charge in [0.25, 0.3) is 11.4 Å². The summed E-state index contributed by atoms with van der Waals surface area (Å²) in [5.41, 5.74) is -1.81. The molecule has 7 aromatic rings. The fraction of sp³-hybridized carbons (Fsp3) is 0. The van der Waals surface area contributed by atoms with Gasteiger partial charge in [-0.3, -0.25) is 40.5 Å². The fourth-order valence-electron chi connectivity index (χ4n) is 7.59. The molecule has 0 radical (unpaired) electrons. The fourth-order valence-corrected chi connectivity index (χ4v) is 7.59. The predicted octanol–water partition coefficient (Wildman–Crippen LogP) is 9.11. The monoisotopic (exact) mass is 856 g/mol. The van der Waals surface area contributed by atoms with Crippen LogP contribution in [0.5, 0.6) is 0 Å². The van der Waals surface area contributed by atoms with Gasteiger partial charge in [-0.25, -0.2) is 9.97 Å². The molecule has 2 aliphatic rings. The van der Waals surface area contributed by atoms with E-state index in [0.29, 0.717) is 22.3 Å². The molecule has 3 aromatic heterocycles. The Bertz CT molecular complexity index is 2990. The molecular weight excluding hydrogens is 834 g/mol. The number of rotatable bonds is 8. The Kier molecular flexibility index (Phi) is 10.2. The van der Waals surface area contributed by atoms with E-state index in [4.69, 9.17) is 0 Å². The molecule has 0 saturated heterocycles. The molecule has 9 rings (SSSR count). The molecule has 290 valence electrons. The second-order valence-corrected chi connectivity index (χ2v) is 13.5. The first-order valence-electron chi connectivity index (χ1n) is 18.1. The molecule has 8 bridgehead atoms. The van der Waals surface area contributed by atoms with Gasteiger partial charge >= 0.3 is 30.9 Å². The van der Waals surface area contributed by atoms with E-state index in [9.17, 15) is 40.5 Å². The molecule has 16 nitrogen and oxygen atoms in total. The largest absolute Gasteiger partial charge is 2.00 e. The molecule has 2 aliphatic heterocycles. The van der Waals surface area contributed by atoms with E-state index >= 15 is 0 Å². The molecule has 0 saturated carbocycles. The summed E-state index contributed by atoms with van der Waals surface area (Å²) in [5.74, 6) is 0. The zero-order valence-electron chi connectivity index (χ0n) is 31.4. The van der Waals surface area contributed by atoms with Crippen LogP contribution < -0.4 is 9.97 Å². The standard InChI is InChI=1S/C44H24N8O8.Zn/c53-49(54)41-33-22-30-38(26-15-7-2-8-16-26)43(51(57)58)35(47-30)24-32-40(28-19-11-4-12-20-28)44(52(59)60)36(48-32)23-31-39(27-17-9-3-10-18-27)42(50(55)56)34(46-31)21-29(45-33)37(41)25-13-5-1-6-14-25;/h1-24H;/q-2;+2. The summed E-state index contributed by atoms with van der Waals surface area (Å²) in [6.07, 6.45) is 0. The summed E-state index contributed by atoms with van der Waals surface area (Å²) >= 11 is 0. The number of hydrogen-bond acceptors (Lipinski definition) is 10. The summed E-state index contributed by atoms with van der Waals surface area (Å²) < 4.78 is 0. The Morgan fingerprint density at radius 1 is 0.377 bits per heavy atom. The van der Waals surface area contributed by atoms with Crippen molar-refractivity contribution in [1.29, 1.82) is 0 Å². The van der Waals surface area contributed by atoms with Crippen molar-refractivity contribution in [2.45, 2.75) is 0 Å². The van der Waals surface area contributed by atoms with Gasteiger partial charge in [-0.2, -0.15) is 0 Å². The average Bonchev–Trinajstić information content (AvgIpc) is 3.99. The Hall–Kier alpha value is -8.30. The van der Waals surface area contributed by atoms with Crippen LogP contribution in [0.25, 0.3) is 66.9 Å². The van der Waals surface area contributed by atoms with Gasteiger partial charge in [-0.15, -0.1) is 11.0 Å². The van der Waals surface area contributed by atoms with Crippen molar-refractivity contribution in [2.24, 2.45) is 0 Å². The van der Waals surface area contributed by atoms with Crippen molar-refractivity contribution >= 4 is 56.0 Å². The van der Waals surface area contributed by atoms with Crippen LogP contribution >= 0.6 is 0 Å². The molecule has 0 spiro atoms. The molecule has 0 atom stereocenters. The smallest absolute Gasteiger partial charge is 0.651 e. The van der Waals surface area contributed by atoms with E-state index in [-0.39, 0.29) is 86.6 Å². The SMILES string of the molecule is O=[N+]([O-])C1=C(c2ccccc2)c2cc3[n-]c(cc4nc(cc5[n-]c(cc1n2)c(-c1ccccc1)c5[N+](=O)[O-])C(c1ccccc1)=C4[N+](=O)[O-])c(-c1ccccc1)c3[N+](=O)[O-].[Zn+2]. The van der Waals surface area contributed by atoms with Crippen LogP contribution in [0.1, 0.15) is 33.9 Å². The summed E-state index contributed by atoms with van der Waals surface area (Å²) in [6.45, 7) is 0. The number of hydrogen-bond donors (Lipinski definition) is 0. The van der Waals surface area contributed by atoms with Crippen LogP contribution in [0.3, 0.4) is 0 Å². The Morgan fingerprint density at radius 2 is 0.672 bits per heavy atom. The van der Waals surface area contributed by atoms with E-state index in [1.54, 1.807) is 121 Å². The molecule has 5 heterocycles. The van der Waals surface area contributed by atoms with Crippen LogP contribution in [0.2, 0.25) is 0 Å². The van der Waals surface area contributed by atoms with Crippen molar-refractivity contribution in [3.05, 3.63) is 220 Å². The molecule has 0 amide bonds. The van der Waals surface area contributed by atoms with Crippen LogP contribution in [-0.2, 0) is 19.5 Å².